The molecule has 9 heteroatoms. The van der Waals surface area contributed by atoms with Crippen LogP contribution in [0.3, 0.4) is 0 Å². The Morgan fingerprint density at radius 2 is 1.59 bits per heavy atom. The third-order valence-corrected chi connectivity index (χ3v) is 8.79. The van der Waals surface area contributed by atoms with Gasteiger partial charge < -0.3 is 25.2 Å². The Hall–Kier alpha value is -2.52. The third-order valence-electron chi connectivity index (χ3n) is 8.54. The van der Waals surface area contributed by atoms with Gasteiger partial charge in [0.05, 0.1) is 0 Å². The average Bonchev–Trinajstić information content (AvgIpc) is 3.22. The molecule has 2 N–H and O–H groups in total. The van der Waals surface area contributed by atoms with Gasteiger partial charge in [-0.15, -0.1) is 0 Å². The van der Waals surface area contributed by atoms with E-state index in [1.54, 1.807) is 0 Å². The van der Waals surface area contributed by atoms with E-state index >= 15 is 0 Å². The van der Waals surface area contributed by atoms with E-state index in [-0.39, 0.29) is 11.2 Å². The van der Waals surface area contributed by atoms with Crippen LogP contribution in [-0.2, 0) is 10.2 Å². The maximum Gasteiger partial charge on any atom is 0.232 e. The Kier molecular flexibility index (Phi) is 9.17. The van der Waals surface area contributed by atoms with Crippen LogP contribution in [0.1, 0.15) is 64.4 Å². The van der Waals surface area contributed by atoms with Gasteiger partial charge in [-0.3, -0.25) is 0 Å². The predicted octanol–water partition coefficient (Wildman–Crippen LogP) is 5.51. The normalized spacial score (nSPS) is 23.7. The highest BCUT2D eigenvalue weighted by atomic mass is 32.1. The fourth-order valence-corrected chi connectivity index (χ4v) is 6.64. The number of thiocarbonyl (C=S) groups is 1. The molecule has 0 bridgehead atoms. The van der Waals surface area contributed by atoms with E-state index < -0.39 is 0 Å². The molecule has 7 nitrogen and oxygen atoms in total. The molecule has 0 amide bonds. The summed E-state index contributed by atoms with van der Waals surface area (Å²) in [6.45, 7) is 10.7. The number of ether oxygens (including phenoxy) is 1. The molecule has 4 heterocycles. The Morgan fingerprint density at radius 3 is 2.23 bits per heavy atom. The molecule has 3 aliphatic heterocycles. The van der Waals surface area contributed by atoms with Crippen molar-refractivity contribution in [2.75, 3.05) is 61.1 Å². The molecule has 0 saturated carbocycles. The lowest BCUT2D eigenvalue weighted by Gasteiger charge is -2.38. The number of anilines is 3. The first kappa shape index (κ1) is 28.0. The molecule has 1 aromatic heterocycles. The van der Waals surface area contributed by atoms with Crippen molar-refractivity contribution in [3.8, 4) is 0 Å². The molecular weight excluding hydrogens is 511 g/mol. The number of rotatable bonds is 6. The SMILES string of the molecule is C[C@H]1C[C@H](C)CN(c2cc(N3CCCCCC3)nc(NC(=S)NCC3(c4ccc(F)cc4)CCOCC3)n2)C1. The summed E-state index contributed by atoms with van der Waals surface area (Å²) in [5.74, 6) is 3.53. The molecule has 0 radical (unpaired) electrons. The lowest BCUT2D eigenvalue weighted by atomic mass is 9.74. The number of nitrogens with zero attached hydrogens (tertiary/aromatic N) is 4. The van der Waals surface area contributed by atoms with Crippen LogP contribution in [0.25, 0.3) is 0 Å². The summed E-state index contributed by atoms with van der Waals surface area (Å²) in [7, 11) is 0. The van der Waals surface area contributed by atoms with Crippen LogP contribution >= 0.6 is 12.2 Å². The summed E-state index contributed by atoms with van der Waals surface area (Å²) in [5.41, 5.74) is 0.940. The number of nitrogens with one attached hydrogen (secondary N) is 2. The van der Waals surface area contributed by atoms with Gasteiger partial charge in [-0.25, -0.2) is 4.39 Å². The highest BCUT2D eigenvalue weighted by molar-refractivity contribution is 7.80. The molecule has 2 aromatic rings. The quantitative estimate of drug-likeness (QED) is 0.453. The Balaban J connectivity index is 1.34. The summed E-state index contributed by atoms with van der Waals surface area (Å²) in [6, 6.07) is 9.02. The zero-order chi connectivity index (χ0) is 27.2. The van der Waals surface area contributed by atoms with Gasteiger partial charge in [0.25, 0.3) is 0 Å². The summed E-state index contributed by atoms with van der Waals surface area (Å²) >= 11 is 5.76. The lowest BCUT2D eigenvalue weighted by Crippen LogP contribution is -2.45. The van der Waals surface area contributed by atoms with Crippen LogP contribution in [0.4, 0.5) is 22.0 Å². The van der Waals surface area contributed by atoms with Crippen molar-refractivity contribution in [3.63, 3.8) is 0 Å². The van der Waals surface area contributed by atoms with Crippen molar-refractivity contribution in [1.82, 2.24) is 15.3 Å². The first-order valence-electron chi connectivity index (χ1n) is 14.7. The molecule has 2 atom stereocenters. The number of benzene rings is 1. The monoisotopic (exact) mass is 554 g/mol. The second-order valence-electron chi connectivity index (χ2n) is 11.9. The molecule has 0 aliphatic carbocycles. The predicted molar refractivity (Wildman–Crippen MR) is 160 cm³/mol. The molecule has 212 valence electrons. The minimum atomic E-state index is -0.221. The van der Waals surface area contributed by atoms with E-state index in [9.17, 15) is 4.39 Å². The summed E-state index contributed by atoms with van der Waals surface area (Å²) in [4.78, 5) is 14.7. The van der Waals surface area contributed by atoms with E-state index in [1.807, 2.05) is 12.1 Å². The van der Waals surface area contributed by atoms with Gasteiger partial charge >= 0.3 is 0 Å². The van der Waals surface area contributed by atoms with Crippen LogP contribution in [0, 0.1) is 17.7 Å². The van der Waals surface area contributed by atoms with Gasteiger partial charge in [-0.1, -0.05) is 38.8 Å². The van der Waals surface area contributed by atoms with Crippen molar-refractivity contribution >= 4 is 34.9 Å². The lowest BCUT2D eigenvalue weighted by molar-refractivity contribution is 0.0515. The van der Waals surface area contributed by atoms with E-state index in [1.165, 1.54) is 44.2 Å². The fraction of sp³-hybridized carbons (Fsp3) is 0.633. The Labute approximate surface area is 237 Å². The van der Waals surface area contributed by atoms with Gasteiger partial charge in [0.15, 0.2) is 5.11 Å². The zero-order valence-corrected chi connectivity index (χ0v) is 24.2. The summed E-state index contributed by atoms with van der Waals surface area (Å²) < 4.78 is 19.3. The van der Waals surface area contributed by atoms with Gasteiger partial charge in [0, 0.05) is 57.4 Å². The van der Waals surface area contributed by atoms with Gasteiger partial charge in [-0.05, 0) is 73.9 Å². The van der Waals surface area contributed by atoms with Crippen molar-refractivity contribution in [2.45, 2.75) is 64.2 Å². The molecule has 0 spiro atoms. The van der Waals surface area contributed by atoms with Gasteiger partial charge in [-0.2, -0.15) is 9.97 Å². The molecule has 1 aromatic carbocycles. The van der Waals surface area contributed by atoms with Gasteiger partial charge in [0.2, 0.25) is 5.95 Å². The Bertz CT molecular complexity index is 1090. The van der Waals surface area contributed by atoms with Crippen LogP contribution in [0.5, 0.6) is 0 Å². The van der Waals surface area contributed by atoms with Crippen molar-refractivity contribution in [2.24, 2.45) is 11.8 Å². The number of piperidine rings is 1. The molecule has 3 fully saturated rings. The molecule has 39 heavy (non-hydrogen) atoms. The molecular formula is C30H43FN6OS. The highest BCUT2D eigenvalue weighted by Gasteiger charge is 2.35. The smallest absolute Gasteiger partial charge is 0.232 e. The van der Waals surface area contributed by atoms with E-state index in [0.29, 0.717) is 42.7 Å². The summed E-state index contributed by atoms with van der Waals surface area (Å²) in [6.07, 6.45) is 7.88. The van der Waals surface area contributed by atoms with Crippen LogP contribution in [-0.4, -0.2) is 61.0 Å². The van der Waals surface area contributed by atoms with Crippen molar-refractivity contribution in [3.05, 3.63) is 41.7 Å². The number of halogens is 1. The molecule has 5 rings (SSSR count). The molecule has 3 saturated heterocycles. The zero-order valence-electron chi connectivity index (χ0n) is 23.4. The number of aromatic nitrogens is 2. The fourth-order valence-electron chi connectivity index (χ4n) is 6.48. The van der Waals surface area contributed by atoms with Crippen LogP contribution < -0.4 is 20.4 Å². The maximum atomic E-state index is 13.6. The largest absolute Gasteiger partial charge is 0.381 e. The molecule has 0 unspecified atom stereocenters. The highest BCUT2D eigenvalue weighted by Crippen LogP contribution is 2.34. The van der Waals surface area contributed by atoms with E-state index in [4.69, 9.17) is 26.9 Å². The summed E-state index contributed by atoms with van der Waals surface area (Å²) in [5, 5.41) is 7.25. The van der Waals surface area contributed by atoms with Crippen LogP contribution in [0.2, 0.25) is 0 Å². The average molecular weight is 555 g/mol. The molecule has 3 aliphatic rings. The second kappa shape index (κ2) is 12.8. The Morgan fingerprint density at radius 1 is 0.974 bits per heavy atom. The first-order chi connectivity index (χ1) is 18.9. The number of hydrogen-bond donors (Lipinski definition) is 2. The maximum absolute atomic E-state index is 13.6. The first-order valence-corrected chi connectivity index (χ1v) is 15.1. The second-order valence-corrected chi connectivity index (χ2v) is 12.3. The van der Waals surface area contributed by atoms with Gasteiger partial charge in [0.1, 0.15) is 17.5 Å². The topological polar surface area (TPSA) is 65.5 Å². The number of hydrogen-bond acceptors (Lipinski definition) is 6. The minimum Gasteiger partial charge on any atom is -0.381 e. The third kappa shape index (κ3) is 7.17. The van der Waals surface area contributed by atoms with E-state index in [2.05, 4.69) is 40.3 Å². The van der Waals surface area contributed by atoms with E-state index in [0.717, 1.165) is 56.2 Å². The standard InChI is InChI=1S/C30H43FN6OS/c1-22-17-23(2)20-37(19-22)27-18-26(36-13-5-3-4-6-14-36)33-28(34-27)35-29(39)32-21-30(11-15-38-16-12-30)24-7-9-25(31)10-8-24/h7-10,18,22-23H,3-6,11-17,19-21H2,1-2H3,(H2,32,33,34,35,39)/t22-,23-/m0/s1. The van der Waals surface area contributed by atoms with Crippen molar-refractivity contribution < 1.29 is 9.13 Å². The minimum absolute atomic E-state index is 0.169. The van der Waals surface area contributed by atoms with Crippen LogP contribution in [0.15, 0.2) is 30.3 Å². The van der Waals surface area contributed by atoms with Crippen molar-refractivity contribution in [1.29, 1.82) is 0 Å².